The van der Waals surface area contributed by atoms with E-state index in [-0.39, 0.29) is 84.5 Å². The van der Waals surface area contributed by atoms with Crippen molar-refractivity contribution in [1.82, 2.24) is 0 Å². The van der Waals surface area contributed by atoms with Gasteiger partial charge in [-0.05, 0) is 0 Å². The summed E-state index contributed by atoms with van der Waals surface area (Å²) >= 11 is 0. The Morgan fingerprint density at radius 3 is 0.438 bits per heavy atom. The van der Waals surface area contributed by atoms with Gasteiger partial charge in [-0.1, -0.05) is 0 Å². The van der Waals surface area contributed by atoms with Gasteiger partial charge in [0, 0.05) is 56.5 Å². The molecule has 0 amide bonds. The van der Waals surface area contributed by atoms with Gasteiger partial charge in [-0.2, -0.15) is 0 Å². The molecule has 80 valence electrons. The molecule has 0 bridgehead atoms. The van der Waals surface area contributed by atoms with Crippen molar-refractivity contribution < 1.29 is 84.5 Å². The summed E-state index contributed by atoms with van der Waals surface area (Å²) in [7, 11) is 0. The van der Waals surface area contributed by atoms with Crippen molar-refractivity contribution in [2.75, 3.05) is 0 Å². The van der Waals surface area contributed by atoms with Crippen LogP contribution < -0.4 is 59.1 Å². The molecule has 2 N–H and O–H groups in total. The maximum absolute atomic E-state index is 6.50. The molecule has 0 aliphatic carbocycles. The zero-order valence-electron chi connectivity index (χ0n) is 11.0. The molecule has 0 saturated heterocycles. The van der Waals surface area contributed by atoms with E-state index < -0.39 is 0 Å². The standard InChI is InChI=1S/6CHN.Fe.2Na.H2O.2H/c6*1-2;;;;;;/h6*1H;;;;1H2;;/q;;;;;;;2*+1;;2*-1. The molecule has 0 fully saturated rings. The Morgan fingerprint density at radius 2 is 0.438 bits per heavy atom. The Balaban J connectivity index is -0.00000000225. The Bertz CT molecular complexity index is 115. The van der Waals surface area contributed by atoms with Crippen molar-refractivity contribution in [3.8, 4) is 39.4 Å². The van der Waals surface area contributed by atoms with Crippen molar-refractivity contribution in [2.45, 2.75) is 0 Å². The van der Waals surface area contributed by atoms with E-state index in [1.807, 2.05) is 0 Å². The van der Waals surface area contributed by atoms with Crippen LogP contribution in [0.3, 0.4) is 0 Å². The molecule has 0 aromatic rings. The molecule has 16 heavy (non-hydrogen) atoms. The molecule has 0 saturated carbocycles. The van der Waals surface area contributed by atoms with Gasteiger partial charge in [0.1, 0.15) is 0 Å². The monoisotopic (exact) mass is 284 g/mol. The first-order valence-corrected chi connectivity index (χ1v) is 1.55. The minimum atomic E-state index is 0. The molecule has 0 aromatic heterocycles. The summed E-state index contributed by atoms with van der Waals surface area (Å²) in [5.74, 6) is 0. The number of rotatable bonds is 0. The predicted octanol–water partition coefficient (Wildman–Crippen LogP) is -5.76. The van der Waals surface area contributed by atoms with Crippen LogP contribution in [-0.4, -0.2) is 5.48 Å². The van der Waals surface area contributed by atoms with E-state index in [1.165, 1.54) is 0 Å². The van der Waals surface area contributed by atoms with Crippen LogP contribution in [0.15, 0.2) is 0 Å². The van der Waals surface area contributed by atoms with Gasteiger partial charge in [0.05, 0.1) is 0 Å². The number of nitrogens with zero attached hydrogens (tertiary/aromatic N) is 6. The van der Waals surface area contributed by atoms with E-state index in [4.69, 9.17) is 31.6 Å². The fourth-order valence-electron chi connectivity index (χ4n) is 0. The molecule has 0 aliphatic heterocycles. The molecule has 0 aliphatic rings. The SMILES string of the molecule is C#N.C#N.C#N.C#N.C#N.C#N.O.[Fe].[H-].[H-].[Na+].[Na+]. The normalized spacial score (nSPS) is 0.750. The fraction of sp³-hybridized carbons (Fsp3) is 0. The van der Waals surface area contributed by atoms with Crippen LogP contribution in [0.2, 0.25) is 0 Å². The van der Waals surface area contributed by atoms with Crippen LogP contribution in [-0.2, 0) is 17.1 Å². The zero-order chi connectivity index (χ0) is 12.0. The first-order valence-electron chi connectivity index (χ1n) is 1.55. The van der Waals surface area contributed by atoms with Gasteiger partial charge in [0.15, 0.2) is 0 Å². The Labute approximate surface area is 154 Å². The summed E-state index contributed by atoms with van der Waals surface area (Å²) in [6.45, 7) is 21.0. The Morgan fingerprint density at radius 1 is 0.438 bits per heavy atom. The van der Waals surface area contributed by atoms with E-state index in [0.717, 1.165) is 0 Å². The van der Waals surface area contributed by atoms with Gasteiger partial charge in [-0.25, -0.2) is 31.6 Å². The number of hydrogen-bond donors (Lipinski definition) is 0. The fourth-order valence-corrected chi connectivity index (χ4v) is 0. The second-order valence-electron chi connectivity index (χ2n) is 0. The van der Waals surface area contributed by atoms with Gasteiger partial charge < -0.3 is 8.33 Å². The van der Waals surface area contributed by atoms with Gasteiger partial charge in [0.2, 0.25) is 0 Å². The molecule has 7 nitrogen and oxygen atoms in total. The average molecular weight is 284 g/mol. The van der Waals surface area contributed by atoms with Crippen molar-refractivity contribution in [3.05, 3.63) is 0 Å². The van der Waals surface area contributed by atoms with Crippen molar-refractivity contribution in [2.24, 2.45) is 0 Å². The molecule has 0 aromatic carbocycles. The summed E-state index contributed by atoms with van der Waals surface area (Å²) in [4.78, 5) is 0. The summed E-state index contributed by atoms with van der Waals surface area (Å²) in [5.41, 5.74) is 0. The Hall–Kier alpha value is -0.581. The predicted molar refractivity (Wildman–Crippen MR) is 45.9 cm³/mol. The molecular formula is C6H10FeN6Na2O. The third kappa shape index (κ3) is 6140. The second kappa shape index (κ2) is 7710. The van der Waals surface area contributed by atoms with Crippen molar-refractivity contribution in [1.29, 1.82) is 31.6 Å². The maximum Gasteiger partial charge on any atom is 1.00 e. The topological polar surface area (TPSA) is 174 Å². The largest absolute Gasteiger partial charge is 1.00 e. The van der Waals surface area contributed by atoms with E-state index in [9.17, 15) is 0 Å². The van der Waals surface area contributed by atoms with E-state index in [1.54, 1.807) is 0 Å². The molecule has 0 heterocycles. The van der Waals surface area contributed by atoms with Crippen molar-refractivity contribution in [3.63, 3.8) is 0 Å². The molecule has 0 unspecified atom stereocenters. The molecule has 0 radical (unpaired) electrons. The quantitative estimate of drug-likeness (QED) is 0.400. The van der Waals surface area contributed by atoms with Crippen LogP contribution in [0, 0.1) is 71.0 Å². The summed E-state index contributed by atoms with van der Waals surface area (Å²) in [5, 5.41) is 39.0. The zero-order valence-corrected chi connectivity index (χ0v) is 14.1. The van der Waals surface area contributed by atoms with Gasteiger partial charge in [-0.15, -0.1) is 0 Å². The van der Waals surface area contributed by atoms with Crippen molar-refractivity contribution >= 4 is 0 Å². The van der Waals surface area contributed by atoms with E-state index in [2.05, 4.69) is 39.4 Å². The molecular weight excluding hydrogens is 274 g/mol. The minimum absolute atomic E-state index is 0. The van der Waals surface area contributed by atoms with Gasteiger partial charge in [-0.3, -0.25) is 0 Å². The molecule has 0 spiro atoms. The first kappa shape index (κ1) is 109. The maximum atomic E-state index is 6.50. The minimum Gasteiger partial charge on any atom is -1.00 e. The van der Waals surface area contributed by atoms with Gasteiger partial charge in [0.25, 0.3) is 0 Å². The summed E-state index contributed by atoms with van der Waals surface area (Å²) in [6, 6.07) is 0. The average Bonchev–Trinajstić information content (AvgIpc) is 2.33. The smallest absolute Gasteiger partial charge is 1.00 e. The van der Waals surface area contributed by atoms with Crippen LogP contribution in [0.25, 0.3) is 0 Å². The summed E-state index contributed by atoms with van der Waals surface area (Å²) in [6.07, 6.45) is 0. The molecule has 0 rings (SSSR count). The third-order valence-corrected chi connectivity index (χ3v) is 0. The van der Waals surface area contributed by atoms with E-state index in [0.29, 0.717) is 0 Å². The number of hydrogen-bond acceptors (Lipinski definition) is 6. The number of nitriles is 6. The first-order chi connectivity index (χ1) is 6.00. The van der Waals surface area contributed by atoms with Crippen LogP contribution in [0.1, 0.15) is 2.85 Å². The molecule has 10 heteroatoms. The summed E-state index contributed by atoms with van der Waals surface area (Å²) < 4.78 is 0. The van der Waals surface area contributed by atoms with Gasteiger partial charge >= 0.3 is 59.1 Å². The van der Waals surface area contributed by atoms with Crippen LogP contribution >= 0.6 is 0 Å². The Kier molecular flexibility index (Phi) is 52600. The third-order valence-electron chi connectivity index (χ3n) is 0. The van der Waals surface area contributed by atoms with E-state index >= 15 is 0 Å². The van der Waals surface area contributed by atoms with Crippen LogP contribution in [0.4, 0.5) is 0 Å². The second-order valence-corrected chi connectivity index (χ2v) is 0. The van der Waals surface area contributed by atoms with Crippen LogP contribution in [0.5, 0.6) is 0 Å². The molecule has 0 atom stereocenters.